The van der Waals surface area contributed by atoms with Gasteiger partial charge in [0.1, 0.15) is 29.1 Å². The average Bonchev–Trinajstić information content (AvgIpc) is 3.45. The van der Waals surface area contributed by atoms with Crippen molar-refractivity contribution < 1.29 is 27.9 Å². The number of benzene rings is 1. The number of halogens is 2. The molecule has 0 radical (unpaired) electrons. The van der Waals surface area contributed by atoms with Crippen LogP contribution in [0.3, 0.4) is 0 Å². The van der Waals surface area contributed by atoms with Gasteiger partial charge in [0.2, 0.25) is 5.91 Å². The number of hydrogen-bond donors (Lipinski definition) is 1. The van der Waals surface area contributed by atoms with Crippen molar-refractivity contribution in [3.63, 3.8) is 0 Å². The lowest BCUT2D eigenvalue weighted by Gasteiger charge is -2.26. The number of primary amides is 1. The topological polar surface area (TPSA) is 113 Å². The van der Waals surface area contributed by atoms with Crippen molar-refractivity contribution in [3.8, 4) is 5.75 Å². The molecule has 0 saturated heterocycles. The standard InChI is InChI=1S/C25H25F2N5O4/c1-14(33)20-6-7-23(35-3)21(30-20)8-15(16-11-29-31(2)12-16)13-32-22(25(28)34)10-24(36-32)18-5-4-17(26)9-19(18)27/h4-7,9-12,15,22H,8,13H2,1-3H3,(H2,28,34). The minimum Gasteiger partial charge on any atom is -0.495 e. The Morgan fingerprint density at radius 1 is 1.25 bits per heavy atom. The predicted molar refractivity (Wildman–Crippen MR) is 126 cm³/mol. The van der Waals surface area contributed by atoms with E-state index >= 15 is 0 Å². The molecule has 2 atom stereocenters. The molecule has 11 heteroatoms. The van der Waals surface area contributed by atoms with E-state index in [-0.39, 0.29) is 29.6 Å². The second-order valence-corrected chi connectivity index (χ2v) is 8.44. The summed E-state index contributed by atoms with van der Waals surface area (Å²) >= 11 is 0. The van der Waals surface area contributed by atoms with Crippen LogP contribution in [-0.4, -0.2) is 51.2 Å². The number of ketones is 1. The molecule has 9 nitrogen and oxygen atoms in total. The summed E-state index contributed by atoms with van der Waals surface area (Å²) in [4.78, 5) is 34.5. The van der Waals surface area contributed by atoms with E-state index in [0.29, 0.717) is 23.6 Å². The quantitative estimate of drug-likeness (QED) is 0.453. The zero-order valence-electron chi connectivity index (χ0n) is 19.9. The van der Waals surface area contributed by atoms with E-state index in [9.17, 15) is 18.4 Å². The number of aryl methyl sites for hydroxylation is 1. The van der Waals surface area contributed by atoms with Gasteiger partial charge in [-0.3, -0.25) is 14.3 Å². The van der Waals surface area contributed by atoms with Crippen molar-refractivity contribution in [1.82, 2.24) is 19.8 Å². The summed E-state index contributed by atoms with van der Waals surface area (Å²) in [6.07, 6.45) is 5.19. The second kappa shape index (κ2) is 10.2. The van der Waals surface area contributed by atoms with E-state index in [2.05, 4.69) is 10.1 Å². The zero-order valence-corrected chi connectivity index (χ0v) is 19.9. The van der Waals surface area contributed by atoms with Crippen LogP contribution in [0.4, 0.5) is 8.78 Å². The third kappa shape index (κ3) is 5.25. The van der Waals surface area contributed by atoms with Crippen molar-refractivity contribution in [3.05, 3.63) is 83.0 Å². The highest BCUT2D eigenvalue weighted by atomic mass is 19.1. The Morgan fingerprint density at radius 3 is 2.64 bits per heavy atom. The molecule has 1 aliphatic heterocycles. The maximum Gasteiger partial charge on any atom is 0.242 e. The van der Waals surface area contributed by atoms with Gasteiger partial charge in [-0.25, -0.2) is 13.8 Å². The largest absolute Gasteiger partial charge is 0.495 e. The fourth-order valence-electron chi connectivity index (χ4n) is 4.05. The summed E-state index contributed by atoms with van der Waals surface area (Å²) in [6, 6.07) is 5.34. The van der Waals surface area contributed by atoms with Gasteiger partial charge in [0.25, 0.3) is 0 Å². The van der Waals surface area contributed by atoms with Crippen LogP contribution in [0.25, 0.3) is 5.76 Å². The Labute approximate surface area is 206 Å². The van der Waals surface area contributed by atoms with Crippen molar-refractivity contribution in [2.45, 2.75) is 25.3 Å². The van der Waals surface area contributed by atoms with Crippen molar-refractivity contribution >= 4 is 17.4 Å². The minimum absolute atomic E-state index is 0.000531. The van der Waals surface area contributed by atoms with E-state index in [1.54, 1.807) is 30.1 Å². The first-order valence-electron chi connectivity index (χ1n) is 11.1. The molecule has 4 rings (SSSR count). The smallest absolute Gasteiger partial charge is 0.242 e. The van der Waals surface area contributed by atoms with E-state index in [0.717, 1.165) is 17.7 Å². The van der Waals surface area contributed by atoms with E-state index in [1.807, 2.05) is 6.20 Å². The van der Waals surface area contributed by atoms with E-state index in [1.165, 1.54) is 31.2 Å². The molecular weight excluding hydrogens is 472 g/mol. The van der Waals surface area contributed by atoms with Crippen LogP contribution in [0.15, 0.2) is 48.8 Å². The highest BCUT2D eigenvalue weighted by Gasteiger charge is 2.35. The Morgan fingerprint density at radius 2 is 2.03 bits per heavy atom. The first kappa shape index (κ1) is 25.0. The fourth-order valence-corrected chi connectivity index (χ4v) is 4.05. The van der Waals surface area contributed by atoms with E-state index < -0.39 is 23.6 Å². The number of pyridine rings is 1. The number of rotatable bonds is 9. The number of methoxy groups -OCH3 is 1. The molecule has 1 aromatic carbocycles. The highest BCUT2D eigenvalue weighted by Crippen LogP contribution is 2.33. The van der Waals surface area contributed by atoms with Crippen LogP contribution < -0.4 is 10.5 Å². The summed E-state index contributed by atoms with van der Waals surface area (Å²) in [5, 5.41) is 5.59. The normalized spacial score (nSPS) is 16.4. The van der Waals surface area contributed by atoms with Crippen molar-refractivity contribution in [2.75, 3.05) is 13.7 Å². The van der Waals surface area contributed by atoms with Crippen LogP contribution in [0.1, 0.15) is 40.2 Å². The van der Waals surface area contributed by atoms with Crippen LogP contribution in [0.5, 0.6) is 5.75 Å². The molecule has 0 saturated carbocycles. The van der Waals surface area contributed by atoms with Gasteiger partial charge in [-0.15, -0.1) is 5.06 Å². The molecule has 2 N–H and O–H groups in total. The van der Waals surface area contributed by atoms with Crippen LogP contribution >= 0.6 is 0 Å². The Hall–Kier alpha value is -4.12. The number of carbonyl (C=O) groups is 2. The van der Waals surface area contributed by atoms with Gasteiger partial charge in [0.15, 0.2) is 11.5 Å². The third-order valence-corrected chi connectivity index (χ3v) is 5.87. The maximum absolute atomic E-state index is 14.4. The van der Waals surface area contributed by atoms with Crippen LogP contribution in [0.2, 0.25) is 0 Å². The molecule has 0 aliphatic carbocycles. The Kier molecular flexibility index (Phi) is 7.11. The molecule has 0 spiro atoms. The van der Waals surface area contributed by atoms with Gasteiger partial charge in [-0.2, -0.15) is 5.10 Å². The maximum atomic E-state index is 14.4. The monoisotopic (exact) mass is 497 g/mol. The molecule has 2 aromatic heterocycles. The van der Waals surface area contributed by atoms with Gasteiger partial charge < -0.3 is 15.3 Å². The molecule has 3 heterocycles. The number of Topliss-reactive ketones (excluding diaryl/α,β-unsaturated/α-hetero) is 1. The summed E-state index contributed by atoms with van der Waals surface area (Å²) < 4.78 is 34.9. The number of nitrogens with two attached hydrogens (primary N) is 1. The SMILES string of the molecule is COc1ccc(C(C)=O)nc1CC(CN1OC(c2ccc(F)cc2F)=CC1C(N)=O)c1cnn(C)c1. The lowest BCUT2D eigenvalue weighted by Crippen LogP contribution is -2.42. The highest BCUT2D eigenvalue weighted by molar-refractivity contribution is 5.92. The molecule has 0 bridgehead atoms. The number of nitrogens with zero attached hydrogens (tertiary/aromatic N) is 4. The van der Waals surface area contributed by atoms with Gasteiger partial charge in [-0.1, -0.05) is 0 Å². The Balaban J connectivity index is 1.66. The lowest BCUT2D eigenvalue weighted by molar-refractivity contribution is -0.138. The number of amides is 1. The molecule has 0 fully saturated rings. The second-order valence-electron chi connectivity index (χ2n) is 8.44. The average molecular weight is 498 g/mol. The lowest BCUT2D eigenvalue weighted by atomic mass is 9.95. The van der Waals surface area contributed by atoms with Crippen LogP contribution in [-0.2, 0) is 23.1 Å². The van der Waals surface area contributed by atoms with Gasteiger partial charge in [-0.05, 0) is 35.9 Å². The molecule has 188 valence electrons. The molecule has 1 aliphatic rings. The first-order valence-corrected chi connectivity index (χ1v) is 11.1. The third-order valence-electron chi connectivity index (χ3n) is 5.87. The zero-order chi connectivity index (χ0) is 26.0. The molecular formula is C25H25F2N5O4. The summed E-state index contributed by atoms with van der Waals surface area (Å²) in [7, 11) is 3.28. The number of ether oxygens (including phenoxy) is 1. The van der Waals surface area contributed by atoms with Gasteiger partial charge in [0.05, 0.1) is 24.6 Å². The first-order chi connectivity index (χ1) is 17.2. The van der Waals surface area contributed by atoms with E-state index in [4.69, 9.17) is 15.3 Å². The Bertz CT molecular complexity index is 1340. The van der Waals surface area contributed by atoms with Crippen molar-refractivity contribution in [2.24, 2.45) is 12.8 Å². The summed E-state index contributed by atoms with van der Waals surface area (Å²) in [5.41, 5.74) is 7.25. The molecule has 1 amide bonds. The predicted octanol–water partition coefficient (Wildman–Crippen LogP) is 2.77. The van der Waals surface area contributed by atoms with Crippen molar-refractivity contribution in [1.29, 1.82) is 0 Å². The van der Waals surface area contributed by atoms with Gasteiger partial charge >= 0.3 is 0 Å². The molecule has 36 heavy (non-hydrogen) atoms. The van der Waals surface area contributed by atoms with Crippen LogP contribution in [0, 0.1) is 11.6 Å². The summed E-state index contributed by atoms with van der Waals surface area (Å²) in [6.45, 7) is 1.56. The number of carbonyl (C=O) groups excluding carboxylic acids is 2. The fraction of sp³-hybridized carbons (Fsp3) is 0.280. The molecule has 3 aromatic rings. The molecule has 2 unspecified atom stereocenters. The number of hydrogen-bond acceptors (Lipinski definition) is 7. The summed E-state index contributed by atoms with van der Waals surface area (Å²) in [5.74, 6) is -2.25. The van der Waals surface area contributed by atoms with Gasteiger partial charge in [0, 0.05) is 45.1 Å². The minimum atomic E-state index is -0.998. The number of hydroxylamine groups is 2. The number of aromatic nitrogens is 3.